The van der Waals surface area contributed by atoms with Crippen LogP contribution in [0.4, 0.5) is 0 Å². The van der Waals surface area contributed by atoms with Gasteiger partial charge in [0.2, 0.25) is 0 Å². The van der Waals surface area contributed by atoms with Crippen molar-refractivity contribution in [1.29, 1.82) is 0 Å². The molecule has 2 nitrogen and oxygen atoms in total. The van der Waals surface area contributed by atoms with E-state index in [0.29, 0.717) is 6.04 Å². The Hall–Kier alpha value is -0.170. The van der Waals surface area contributed by atoms with Crippen LogP contribution in [0.2, 0.25) is 0 Å². The summed E-state index contributed by atoms with van der Waals surface area (Å²) in [7, 11) is 0. The van der Waals surface area contributed by atoms with Crippen LogP contribution in [-0.4, -0.2) is 48.6 Å². The van der Waals surface area contributed by atoms with Crippen molar-refractivity contribution in [1.82, 2.24) is 10.2 Å². The highest BCUT2D eigenvalue weighted by Gasteiger charge is 2.23. The van der Waals surface area contributed by atoms with Gasteiger partial charge in [-0.05, 0) is 38.8 Å². The number of nitrogens with zero attached hydrogens (tertiary/aromatic N) is 1. The van der Waals surface area contributed by atoms with Crippen molar-refractivity contribution in [2.45, 2.75) is 32.7 Å². The molecule has 0 saturated carbocycles. The Kier molecular flexibility index (Phi) is 7.75. The zero-order chi connectivity index (χ0) is 12.5. The summed E-state index contributed by atoms with van der Waals surface area (Å²) < 4.78 is 0. The standard InChI is InChI=1S/C14H26N2S/c1-4-10-17-11-8-15-13(3)14-7-6-9-16(5-2)12-14/h1,13-15H,5-12H2,2-3H3. The van der Waals surface area contributed by atoms with Crippen LogP contribution in [0.3, 0.4) is 0 Å². The summed E-state index contributed by atoms with van der Waals surface area (Å²) in [5.74, 6) is 5.44. The van der Waals surface area contributed by atoms with Crippen LogP contribution in [0, 0.1) is 18.3 Å². The Morgan fingerprint density at radius 2 is 2.41 bits per heavy atom. The van der Waals surface area contributed by atoms with Gasteiger partial charge in [0.1, 0.15) is 0 Å². The number of terminal acetylenes is 1. The molecule has 1 aliphatic heterocycles. The highest BCUT2D eigenvalue weighted by molar-refractivity contribution is 7.99. The number of rotatable bonds is 7. The second kappa shape index (κ2) is 8.85. The van der Waals surface area contributed by atoms with Crippen LogP contribution in [0.15, 0.2) is 0 Å². The molecule has 0 aliphatic carbocycles. The lowest BCUT2D eigenvalue weighted by atomic mass is 9.91. The fourth-order valence-electron chi connectivity index (χ4n) is 2.44. The summed E-state index contributed by atoms with van der Waals surface area (Å²) >= 11 is 1.84. The first-order valence-corrected chi connectivity index (χ1v) is 7.90. The minimum atomic E-state index is 0.635. The number of piperidine rings is 1. The third-order valence-electron chi connectivity index (χ3n) is 3.59. The largest absolute Gasteiger partial charge is 0.313 e. The number of hydrogen-bond donors (Lipinski definition) is 1. The monoisotopic (exact) mass is 254 g/mol. The van der Waals surface area contributed by atoms with Gasteiger partial charge in [-0.1, -0.05) is 12.8 Å². The van der Waals surface area contributed by atoms with Crippen molar-refractivity contribution in [3.63, 3.8) is 0 Å². The van der Waals surface area contributed by atoms with Crippen LogP contribution in [0.25, 0.3) is 0 Å². The summed E-state index contributed by atoms with van der Waals surface area (Å²) in [5.41, 5.74) is 0. The zero-order valence-corrected chi connectivity index (χ0v) is 12.1. The van der Waals surface area contributed by atoms with E-state index in [4.69, 9.17) is 6.42 Å². The lowest BCUT2D eigenvalue weighted by Crippen LogP contribution is -2.44. The van der Waals surface area contributed by atoms with E-state index in [9.17, 15) is 0 Å². The lowest BCUT2D eigenvalue weighted by molar-refractivity contribution is 0.158. The Balaban J connectivity index is 2.14. The topological polar surface area (TPSA) is 15.3 Å². The van der Waals surface area contributed by atoms with Gasteiger partial charge in [0.15, 0.2) is 0 Å². The van der Waals surface area contributed by atoms with Gasteiger partial charge in [-0.2, -0.15) is 0 Å². The molecular formula is C14H26N2S. The maximum Gasteiger partial charge on any atom is 0.0545 e. The molecule has 1 fully saturated rings. The van der Waals surface area contributed by atoms with Gasteiger partial charge < -0.3 is 10.2 Å². The SMILES string of the molecule is C#CCSCCNC(C)C1CCCN(CC)C1. The van der Waals surface area contributed by atoms with Crippen molar-refractivity contribution < 1.29 is 0 Å². The lowest BCUT2D eigenvalue weighted by Gasteiger charge is -2.35. The highest BCUT2D eigenvalue weighted by atomic mass is 32.2. The molecule has 0 aromatic heterocycles. The maximum absolute atomic E-state index is 5.22. The van der Waals surface area contributed by atoms with E-state index >= 15 is 0 Å². The minimum absolute atomic E-state index is 0.635. The molecule has 17 heavy (non-hydrogen) atoms. The van der Waals surface area contributed by atoms with E-state index in [0.717, 1.165) is 24.0 Å². The molecule has 3 heteroatoms. The molecule has 1 aliphatic rings. The first-order valence-electron chi connectivity index (χ1n) is 6.74. The Morgan fingerprint density at radius 3 is 3.12 bits per heavy atom. The number of likely N-dealkylation sites (tertiary alicyclic amines) is 1. The molecular weight excluding hydrogens is 228 g/mol. The van der Waals surface area contributed by atoms with Gasteiger partial charge in [0.25, 0.3) is 0 Å². The van der Waals surface area contributed by atoms with Gasteiger partial charge in [-0.25, -0.2) is 0 Å². The quantitative estimate of drug-likeness (QED) is 0.553. The van der Waals surface area contributed by atoms with Gasteiger partial charge in [-0.15, -0.1) is 18.2 Å². The van der Waals surface area contributed by atoms with E-state index in [1.165, 1.54) is 32.5 Å². The van der Waals surface area contributed by atoms with E-state index < -0.39 is 0 Å². The molecule has 98 valence electrons. The van der Waals surface area contributed by atoms with Crippen LogP contribution in [0.5, 0.6) is 0 Å². The van der Waals surface area contributed by atoms with Crippen molar-refractivity contribution in [3.8, 4) is 12.3 Å². The highest BCUT2D eigenvalue weighted by Crippen LogP contribution is 2.19. The average Bonchev–Trinajstić information content (AvgIpc) is 2.38. The van der Waals surface area contributed by atoms with Gasteiger partial charge in [-0.3, -0.25) is 0 Å². The summed E-state index contributed by atoms with van der Waals surface area (Å²) in [5, 5.41) is 3.64. The maximum atomic E-state index is 5.22. The molecule has 0 bridgehead atoms. The number of nitrogens with one attached hydrogen (secondary N) is 1. The van der Waals surface area contributed by atoms with Crippen molar-refractivity contribution in [2.75, 3.05) is 37.7 Å². The molecule has 1 heterocycles. The van der Waals surface area contributed by atoms with Crippen LogP contribution < -0.4 is 5.32 Å². The smallest absolute Gasteiger partial charge is 0.0545 e. The molecule has 2 unspecified atom stereocenters. The molecule has 1 rings (SSSR count). The molecule has 0 spiro atoms. The first-order chi connectivity index (χ1) is 8.27. The Bertz CT molecular complexity index is 237. The first kappa shape index (κ1) is 14.9. The summed E-state index contributed by atoms with van der Waals surface area (Å²) in [6.07, 6.45) is 7.96. The fourth-order valence-corrected chi connectivity index (χ4v) is 2.97. The molecule has 0 aromatic rings. The van der Waals surface area contributed by atoms with E-state index in [1.54, 1.807) is 0 Å². The van der Waals surface area contributed by atoms with Crippen LogP contribution in [0.1, 0.15) is 26.7 Å². The Labute approximate surface area is 111 Å². The number of hydrogen-bond acceptors (Lipinski definition) is 3. The van der Waals surface area contributed by atoms with Crippen molar-refractivity contribution in [2.24, 2.45) is 5.92 Å². The number of thioether (sulfide) groups is 1. The second-order valence-corrected chi connectivity index (χ2v) is 5.90. The minimum Gasteiger partial charge on any atom is -0.313 e. The molecule has 0 radical (unpaired) electrons. The normalized spacial score (nSPS) is 23.2. The van der Waals surface area contributed by atoms with Crippen molar-refractivity contribution >= 4 is 11.8 Å². The van der Waals surface area contributed by atoms with Gasteiger partial charge in [0, 0.05) is 24.9 Å². The summed E-state index contributed by atoms with van der Waals surface area (Å²) in [6.45, 7) is 9.42. The zero-order valence-electron chi connectivity index (χ0n) is 11.2. The van der Waals surface area contributed by atoms with Gasteiger partial charge >= 0.3 is 0 Å². The van der Waals surface area contributed by atoms with Crippen molar-refractivity contribution in [3.05, 3.63) is 0 Å². The third-order valence-corrected chi connectivity index (χ3v) is 4.46. The molecule has 0 amide bonds. The van der Waals surface area contributed by atoms with E-state index in [1.807, 2.05) is 11.8 Å². The second-order valence-electron chi connectivity index (χ2n) is 4.80. The van der Waals surface area contributed by atoms with Crippen LogP contribution in [-0.2, 0) is 0 Å². The average molecular weight is 254 g/mol. The molecule has 2 atom stereocenters. The van der Waals surface area contributed by atoms with E-state index in [-0.39, 0.29) is 0 Å². The Morgan fingerprint density at radius 1 is 1.59 bits per heavy atom. The van der Waals surface area contributed by atoms with Gasteiger partial charge in [0.05, 0.1) is 5.75 Å². The van der Waals surface area contributed by atoms with Crippen LogP contribution >= 0.6 is 11.8 Å². The molecule has 1 N–H and O–H groups in total. The predicted octanol–water partition coefficient (Wildman–Crippen LogP) is 2.06. The summed E-state index contributed by atoms with van der Waals surface area (Å²) in [4.78, 5) is 2.57. The predicted molar refractivity (Wildman–Crippen MR) is 78.5 cm³/mol. The molecule has 0 aromatic carbocycles. The van der Waals surface area contributed by atoms with E-state index in [2.05, 4.69) is 30.0 Å². The molecule has 1 saturated heterocycles. The fraction of sp³-hybridized carbons (Fsp3) is 0.857. The summed E-state index contributed by atoms with van der Waals surface area (Å²) in [6, 6.07) is 0.635. The third kappa shape index (κ3) is 5.81.